The standard InChI is InChI=1S/C24H37N5O4S/c1-18(27-13-6-7-14-27)11-12-25-23(30)17-29-22-16-19(34(32,33)26(2)3)9-10-20(22)28-15-5-4-8-21(28)24(29)31/h9-10,16,18,21H,4-8,11-15,17H2,1-3H3,(H,25,30)/t18-,21-/m0/s1. The van der Waals surface area contributed by atoms with Crippen molar-refractivity contribution in [2.24, 2.45) is 0 Å². The van der Waals surface area contributed by atoms with Gasteiger partial charge in [-0.3, -0.25) is 14.5 Å². The number of anilines is 2. The quantitative estimate of drug-likeness (QED) is 0.594. The van der Waals surface area contributed by atoms with Crippen LogP contribution in [0.25, 0.3) is 0 Å². The maximum atomic E-state index is 13.4. The number of sulfonamides is 1. The van der Waals surface area contributed by atoms with Gasteiger partial charge in [-0.05, 0) is 76.7 Å². The summed E-state index contributed by atoms with van der Waals surface area (Å²) in [5.41, 5.74) is 1.31. The molecule has 0 spiro atoms. The van der Waals surface area contributed by atoms with Gasteiger partial charge in [-0.2, -0.15) is 0 Å². The van der Waals surface area contributed by atoms with Gasteiger partial charge in [0.05, 0.1) is 16.3 Å². The third-order valence-corrected chi connectivity index (χ3v) is 9.14. The number of benzene rings is 1. The van der Waals surface area contributed by atoms with Crippen LogP contribution >= 0.6 is 0 Å². The number of amides is 2. The predicted octanol–water partition coefficient (Wildman–Crippen LogP) is 1.63. The maximum absolute atomic E-state index is 13.4. The SMILES string of the molecule is C[C@@H](CCNC(=O)CN1C(=O)[C@@H]2CCCCN2c2ccc(S(=O)(=O)N(C)C)cc21)N1CCCC1. The van der Waals surface area contributed by atoms with Gasteiger partial charge < -0.3 is 15.1 Å². The minimum Gasteiger partial charge on any atom is -0.358 e. The first kappa shape index (κ1) is 24.9. The highest BCUT2D eigenvalue weighted by Gasteiger charge is 2.40. The summed E-state index contributed by atoms with van der Waals surface area (Å²) in [6.45, 7) is 5.61. The lowest BCUT2D eigenvalue weighted by Crippen LogP contribution is -2.57. The molecule has 34 heavy (non-hydrogen) atoms. The van der Waals surface area contributed by atoms with Gasteiger partial charge in [-0.1, -0.05) is 0 Å². The van der Waals surface area contributed by atoms with E-state index in [0.717, 1.165) is 55.3 Å². The predicted molar refractivity (Wildman–Crippen MR) is 133 cm³/mol. The average molecular weight is 492 g/mol. The van der Waals surface area contributed by atoms with Crippen LogP contribution in [-0.2, 0) is 19.6 Å². The third kappa shape index (κ3) is 4.94. The smallest absolute Gasteiger partial charge is 0.250 e. The highest BCUT2D eigenvalue weighted by atomic mass is 32.2. The lowest BCUT2D eigenvalue weighted by molar-refractivity contribution is -0.125. The summed E-state index contributed by atoms with van der Waals surface area (Å²) in [4.78, 5) is 32.4. The topological polar surface area (TPSA) is 93.3 Å². The largest absolute Gasteiger partial charge is 0.358 e. The van der Waals surface area contributed by atoms with Crippen LogP contribution in [0.3, 0.4) is 0 Å². The van der Waals surface area contributed by atoms with Crippen molar-refractivity contribution < 1.29 is 18.0 Å². The highest BCUT2D eigenvalue weighted by Crippen LogP contribution is 2.40. The summed E-state index contributed by atoms with van der Waals surface area (Å²) in [6.07, 6.45) is 6.01. The van der Waals surface area contributed by atoms with Crippen molar-refractivity contribution in [3.05, 3.63) is 18.2 Å². The maximum Gasteiger partial charge on any atom is 0.250 e. The molecule has 3 aliphatic heterocycles. The van der Waals surface area contributed by atoms with Crippen molar-refractivity contribution in [3.63, 3.8) is 0 Å². The fourth-order valence-corrected chi connectivity index (χ4v) is 6.18. The zero-order valence-electron chi connectivity index (χ0n) is 20.5. The zero-order chi connectivity index (χ0) is 24.5. The molecule has 0 saturated carbocycles. The first-order valence-corrected chi connectivity index (χ1v) is 13.8. The fourth-order valence-electron chi connectivity index (χ4n) is 5.26. The average Bonchev–Trinajstić information content (AvgIpc) is 3.36. The second-order valence-electron chi connectivity index (χ2n) is 9.80. The van der Waals surface area contributed by atoms with Crippen LogP contribution in [0.5, 0.6) is 0 Å². The number of carbonyl (C=O) groups excluding carboxylic acids is 2. The molecule has 1 N–H and O–H groups in total. The van der Waals surface area contributed by atoms with Crippen molar-refractivity contribution >= 4 is 33.2 Å². The lowest BCUT2D eigenvalue weighted by Gasteiger charge is -2.45. The number of nitrogens with zero attached hydrogens (tertiary/aromatic N) is 4. The van der Waals surface area contributed by atoms with Gasteiger partial charge in [0, 0.05) is 33.2 Å². The van der Waals surface area contributed by atoms with E-state index >= 15 is 0 Å². The van der Waals surface area contributed by atoms with Crippen molar-refractivity contribution in [1.82, 2.24) is 14.5 Å². The number of piperidine rings is 1. The molecular weight excluding hydrogens is 454 g/mol. The van der Waals surface area contributed by atoms with Crippen LogP contribution in [0.15, 0.2) is 23.1 Å². The number of hydrogen-bond donors (Lipinski definition) is 1. The van der Waals surface area contributed by atoms with Gasteiger partial charge in [0.15, 0.2) is 0 Å². The first-order chi connectivity index (χ1) is 16.2. The van der Waals surface area contributed by atoms with Crippen LogP contribution in [0.2, 0.25) is 0 Å². The number of hydrogen-bond acceptors (Lipinski definition) is 6. The Morgan fingerprint density at radius 2 is 1.82 bits per heavy atom. The molecular formula is C24H37N5O4S. The van der Waals surface area contributed by atoms with Crippen molar-refractivity contribution in [2.75, 3.05) is 56.6 Å². The summed E-state index contributed by atoms with van der Waals surface area (Å²) in [5.74, 6) is -0.356. The molecule has 1 aromatic carbocycles. The van der Waals surface area contributed by atoms with E-state index in [-0.39, 0.29) is 29.3 Å². The summed E-state index contributed by atoms with van der Waals surface area (Å²) in [6, 6.07) is 5.01. The second kappa shape index (κ2) is 10.2. The number of fused-ring (bicyclic) bond motifs is 3. The summed E-state index contributed by atoms with van der Waals surface area (Å²) >= 11 is 0. The van der Waals surface area contributed by atoms with E-state index in [1.807, 2.05) is 0 Å². The highest BCUT2D eigenvalue weighted by molar-refractivity contribution is 7.89. The first-order valence-electron chi connectivity index (χ1n) is 12.4. The molecule has 188 valence electrons. The van der Waals surface area contributed by atoms with Gasteiger partial charge in [0.25, 0.3) is 0 Å². The molecule has 2 fully saturated rings. The van der Waals surface area contributed by atoms with Gasteiger partial charge in [-0.15, -0.1) is 0 Å². The molecule has 2 amide bonds. The van der Waals surface area contributed by atoms with Crippen LogP contribution < -0.4 is 15.1 Å². The number of likely N-dealkylation sites (tertiary alicyclic amines) is 1. The molecule has 2 atom stereocenters. The fraction of sp³-hybridized carbons (Fsp3) is 0.667. The molecule has 9 nitrogen and oxygen atoms in total. The van der Waals surface area contributed by atoms with E-state index in [4.69, 9.17) is 0 Å². The molecule has 3 heterocycles. The Labute approximate surface area is 203 Å². The monoisotopic (exact) mass is 491 g/mol. The van der Waals surface area contributed by atoms with E-state index in [2.05, 4.69) is 22.0 Å². The van der Waals surface area contributed by atoms with Crippen molar-refractivity contribution in [3.8, 4) is 0 Å². The van der Waals surface area contributed by atoms with Crippen LogP contribution in [0, 0.1) is 0 Å². The van der Waals surface area contributed by atoms with Crippen LogP contribution in [0.1, 0.15) is 45.4 Å². The number of rotatable bonds is 8. The van der Waals surface area contributed by atoms with Gasteiger partial charge in [0.1, 0.15) is 12.6 Å². The molecule has 3 aliphatic rings. The van der Waals surface area contributed by atoms with Crippen LogP contribution in [0.4, 0.5) is 11.4 Å². The molecule has 10 heteroatoms. The second-order valence-corrected chi connectivity index (χ2v) is 11.9. The summed E-state index contributed by atoms with van der Waals surface area (Å²) in [7, 11) is -0.707. The number of carbonyl (C=O) groups is 2. The molecule has 0 radical (unpaired) electrons. The number of nitrogens with one attached hydrogen (secondary N) is 1. The Hall–Kier alpha value is -2.17. The Morgan fingerprint density at radius 3 is 2.53 bits per heavy atom. The molecule has 0 aromatic heterocycles. The van der Waals surface area contributed by atoms with Gasteiger partial charge >= 0.3 is 0 Å². The van der Waals surface area contributed by atoms with E-state index in [9.17, 15) is 18.0 Å². The Morgan fingerprint density at radius 1 is 1.12 bits per heavy atom. The zero-order valence-corrected chi connectivity index (χ0v) is 21.3. The Bertz CT molecular complexity index is 1020. The van der Waals surface area contributed by atoms with Gasteiger partial charge in [0.2, 0.25) is 21.8 Å². The van der Waals surface area contributed by atoms with E-state index < -0.39 is 10.0 Å². The minimum atomic E-state index is -3.67. The third-order valence-electron chi connectivity index (χ3n) is 7.33. The molecule has 0 bridgehead atoms. The molecule has 0 unspecified atom stereocenters. The Balaban J connectivity index is 1.52. The van der Waals surface area contributed by atoms with Crippen molar-refractivity contribution in [1.29, 1.82) is 0 Å². The van der Waals surface area contributed by atoms with Crippen molar-refractivity contribution in [2.45, 2.75) is 62.4 Å². The normalized spacial score (nSPS) is 22.0. The molecule has 4 rings (SSSR count). The minimum absolute atomic E-state index is 0.111. The van der Waals surface area contributed by atoms with E-state index in [1.165, 1.54) is 37.9 Å². The Kier molecular flexibility index (Phi) is 7.49. The molecule has 2 saturated heterocycles. The summed E-state index contributed by atoms with van der Waals surface area (Å²) < 4.78 is 26.7. The van der Waals surface area contributed by atoms with Gasteiger partial charge in [-0.25, -0.2) is 12.7 Å². The molecule has 0 aliphatic carbocycles. The van der Waals surface area contributed by atoms with Crippen LogP contribution in [-0.4, -0.2) is 88.3 Å². The van der Waals surface area contributed by atoms with E-state index in [0.29, 0.717) is 18.3 Å². The molecule has 1 aromatic rings. The summed E-state index contributed by atoms with van der Waals surface area (Å²) in [5, 5.41) is 2.97. The lowest BCUT2D eigenvalue weighted by atomic mass is 9.96. The van der Waals surface area contributed by atoms with E-state index in [1.54, 1.807) is 12.1 Å².